The molecule has 4 nitrogen and oxygen atoms in total. The van der Waals surface area contributed by atoms with Crippen molar-refractivity contribution >= 4 is 11.8 Å². The number of hydrogen-bond acceptors (Lipinski definition) is 2. The molecule has 0 saturated heterocycles. The highest BCUT2D eigenvalue weighted by Crippen LogP contribution is 2.48. The largest absolute Gasteiger partial charge is 0.352 e. The molecule has 0 heterocycles. The number of allylic oxidation sites excluding steroid dienone is 2. The fraction of sp³-hybridized carbons (Fsp3) is 0.304. The lowest BCUT2D eigenvalue weighted by atomic mass is 9.81. The maximum Gasteiger partial charge on any atom is 0.224 e. The molecule has 2 bridgehead atoms. The summed E-state index contributed by atoms with van der Waals surface area (Å²) < 4.78 is 0. The Morgan fingerprint density at radius 3 is 1.52 bits per heavy atom. The second-order valence-electron chi connectivity index (χ2n) is 7.41. The first-order chi connectivity index (χ1) is 13.2. The first-order valence-corrected chi connectivity index (χ1v) is 9.54. The molecule has 2 amide bonds. The molecule has 2 aliphatic rings. The number of nitrogens with one attached hydrogen (secondary N) is 2. The van der Waals surface area contributed by atoms with Crippen molar-refractivity contribution in [3.8, 4) is 0 Å². The predicted molar refractivity (Wildman–Crippen MR) is 104 cm³/mol. The monoisotopic (exact) mass is 360 g/mol. The summed E-state index contributed by atoms with van der Waals surface area (Å²) in [5.74, 6) is -0.262. The predicted octanol–water partition coefficient (Wildman–Crippen LogP) is 3.06. The summed E-state index contributed by atoms with van der Waals surface area (Å²) in [6, 6.07) is 19.7. The smallest absolute Gasteiger partial charge is 0.224 e. The lowest BCUT2D eigenvalue weighted by Crippen LogP contribution is -2.43. The average Bonchev–Trinajstić information content (AvgIpc) is 3.33. The number of fused-ring (bicyclic) bond motifs is 2. The Kier molecular flexibility index (Phi) is 5.05. The number of hydrogen-bond donors (Lipinski definition) is 2. The third-order valence-corrected chi connectivity index (χ3v) is 5.68. The van der Waals surface area contributed by atoms with Crippen molar-refractivity contribution in [2.24, 2.45) is 23.7 Å². The minimum atomic E-state index is -0.278. The normalized spacial score (nSPS) is 25.3. The second-order valence-corrected chi connectivity index (χ2v) is 7.41. The number of carbonyl (C=O) groups is 2. The summed E-state index contributed by atoms with van der Waals surface area (Å²) in [4.78, 5) is 25.7. The van der Waals surface area contributed by atoms with E-state index in [0.717, 1.165) is 17.5 Å². The molecule has 1 fully saturated rings. The van der Waals surface area contributed by atoms with Gasteiger partial charge in [-0.3, -0.25) is 9.59 Å². The standard InChI is InChI=1S/C23H24N2O2/c26-22(24-14-16-7-3-1-4-8-16)20-18-11-12-19(13-18)21(20)23(27)25-15-17-9-5-2-6-10-17/h1-12,18-21H,13-15H2,(H,24,26)(H,25,27)/t18-,19+,20-,21-/m0/s1. The van der Waals surface area contributed by atoms with Crippen LogP contribution in [-0.4, -0.2) is 11.8 Å². The Balaban J connectivity index is 1.40. The maximum absolute atomic E-state index is 12.9. The molecule has 4 atom stereocenters. The first kappa shape index (κ1) is 17.5. The Labute approximate surface area is 159 Å². The average molecular weight is 360 g/mol. The molecule has 0 aliphatic heterocycles. The topological polar surface area (TPSA) is 58.2 Å². The molecule has 2 N–H and O–H groups in total. The number of carbonyl (C=O) groups excluding carboxylic acids is 2. The molecule has 2 aromatic rings. The lowest BCUT2D eigenvalue weighted by Gasteiger charge is -2.26. The highest BCUT2D eigenvalue weighted by Gasteiger charge is 2.51. The zero-order valence-corrected chi connectivity index (χ0v) is 15.2. The van der Waals surface area contributed by atoms with E-state index in [4.69, 9.17) is 0 Å². The summed E-state index contributed by atoms with van der Waals surface area (Å²) in [5.41, 5.74) is 2.13. The van der Waals surface area contributed by atoms with E-state index in [1.54, 1.807) is 0 Å². The van der Waals surface area contributed by atoms with Crippen LogP contribution in [0.25, 0.3) is 0 Å². The third kappa shape index (κ3) is 3.80. The van der Waals surface area contributed by atoms with Crippen LogP contribution in [0, 0.1) is 23.7 Å². The molecular weight excluding hydrogens is 336 g/mol. The van der Waals surface area contributed by atoms with Gasteiger partial charge in [-0.1, -0.05) is 72.8 Å². The molecule has 4 heteroatoms. The minimum absolute atomic E-state index is 0.0180. The van der Waals surface area contributed by atoms with Crippen LogP contribution in [0.4, 0.5) is 0 Å². The molecule has 2 aromatic carbocycles. The van der Waals surface area contributed by atoms with E-state index in [1.807, 2.05) is 60.7 Å². The van der Waals surface area contributed by atoms with Gasteiger partial charge in [0, 0.05) is 13.1 Å². The molecule has 138 valence electrons. The SMILES string of the molecule is O=C(NCc1ccccc1)[C@@H]1[C@@H](C(=O)NCc2ccccc2)[C@H]2C=C[C@@H]1C2. The van der Waals surface area contributed by atoms with Gasteiger partial charge in [0.15, 0.2) is 0 Å². The summed E-state index contributed by atoms with van der Waals surface area (Å²) >= 11 is 0. The minimum Gasteiger partial charge on any atom is -0.352 e. The summed E-state index contributed by atoms with van der Waals surface area (Å²) in [7, 11) is 0. The summed E-state index contributed by atoms with van der Waals surface area (Å²) in [6.07, 6.45) is 5.11. The lowest BCUT2D eigenvalue weighted by molar-refractivity contribution is -0.135. The van der Waals surface area contributed by atoms with Crippen molar-refractivity contribution in [3.63, 3.8) is 0 Å². The Morgan fingerprint density at radius 1 is 0.704 bits per heavy atom. The van der Waals surface area contributed by atoms with Crippen LogP contribution in [0.15, 0.2) is 72.8 Å². The van der Waals surface area contributed by atoms with E-state index in [1.165, 1.54) is 0 Å². The van der Waals surface area contributed by atoms with Gasteiger partial charge in [-0.15, -0.1) is 0 Å². The van der Waals surface area contributed by atoms with Crippen molar-refractivity contribution in [1.29, 1.82) is 0 Å². The van der Waals surface area contributed by atoms with Crippen molar-refractivity contribution in [2.45, 2.75) is 19.5 Å². The fourth-order valence-corrected chi connectivity index (χ4v) is 4.34. The van der Waals surface area contributed by atoms with Crippen LogP contribution < -0.4 is 10.6 Å². The molecule has 1 saturated carbocycles. The molecule has 4 rings (SSSR count). The first-order valence-electron chi connectivity index (χ1n) is 9.54. The summed E-state index contributed by atoms with van der Waals surface area (Å²) in [6.45, 7) is 0.991. The van der Waals surface area contributed by atoms with E-state index in [-0.39, 0.29) is 35.5 Å². The van der Waals surface area contributed by atoms with Crippen LogP contribution >= 0.6 is 0 Å². The molecule has 0 spiro atoms. The van der Waals surface area contributed by atoms with Crippen molar-refractivity contribution in [3.05, 3.63) is 83.9 Å². The van der Waals surface area contributed by atoms with Gasteiger partial charge in [0.1, 0.15) is 0 Å². The van der Waals surface area contributed by atoms with Gasteiger partial charge in [-0.25, -0.2) is 0 Å². The van der Waals surface area contributed by atoms with Crippen molar-refractivity contribution in [2.75, 3.05) is 0 Å². The van der Waals surface area contributed by atoms with Gasteiger partial charge < -0.3 is 10.6 Å². The molecule has 27 heavy (non-hydrogen) atoms. The number of benzene rings is 2. The van der Waals surface area contributed by atoms with Crippen LogP contribution in [0.3, 0.4) is 0 Å². The maximum atomic E-state index is 12.9. The molecule has 0 unspecified atom stereocenters. The molecular formula is C23H24N2O2. The summed E-state index contributed by atoms with van der Waals surface area (Å²) in [5, 5.41) is 6.06. The quantitative estimate of drug-likeness (QED) is 0.778. The zero-order valence-electron chi connectivity index (χ0n) is 15.2. The van der Waals surface area contributed by atoms with E-state index in [2.05, 4.69) is 22.8 Å². The van der Waals surface area contributed by atoms with Gasteiger partial charge in [0.25, 0.3) is 0 Å². The van der Waals surface area contributed by atoms with E-state index >= 15 is 0 Å². The number of rotatable bonds is 6. The van der Waals surface area contributed by atoms with Crippen LogP contribution in [-0.2, 0) is 22.7 Å². The highest BCUT2D eigenvalue weighted by atomic mass is 16.2. The van der Waals surface area contributed by atoms with Gasteiger partial charge in [0.05, 0.1) is 11.8 Å². The van der Waals surface area contributed by atoms with Gasteiger partial charge in [-0.2, -0.15) is 0 Å². The van der Waals surface area contributed by atoms with Crippen LogP contribution in [0.5, 0.6) is 0 Å². The van der Waals surface area contributed by atoms with Crippen molar-refractivity contribution < 1.29 is 9.59 Å². The van der Waals surface area contributed by atoms with E-state index in [9.17, 15) is 9.59 Å². The number of amides is 2. The van der Waals surface area contributed by atoms with Gasteiger partial charge >= 0.3 is 0 Å². The van der Waals surface area contributed by atoms with Crippen LogP contribution in [0.2, 0.25) is 0 Å². The molecule has 0 aromatic heterocycles. The third-order valence-electron chi connectivity index (χ3n) is 5.68. The highest BCUT2D eigenvalue weighted by molar-refractivity contribution is 5.89. The fourth-order valence-electron chi connectivity index (χ4n) is 4.34. The Morgan fingerprint density at radius 2 is 1.11 bits per heavy atom. The van der Waals surface area contributed by atoms with Gasteiger partial charge in [0.2, 0.25) is 11.8 Å². The van der Waals surface area contributed by atoms with Crippen molar-refractivity contribution in [1.82, 2.24) is 10.6 Å². The van der Waals surface area contributed by atoms with Crippen LogP contribution in [0.1, 0.15) is 17.5 Å². The molecule has 0 radical (unpaired) electrons. The second kappa shape index (κ2) is 7.78. The van der Waals surface area contributed by atoms with E-state index < -0.39 is 0 Å². The van der Waals surface area contributed by atoms with E-state index in [0.29, 0.717) is 13.1 Å². The van der Waals surface area contributed by atoms with Gasteiger partial charge in [-0.05, 0) is 29.4 Å². The Hall–Kier alpha value is -2.88. The zero-order chi connectivity index (χ0) is 18.6. The molecule has 2 aliphatic carbocycles. The Bertz CT molecular complexity index is 762.